The van der Waals surface area contributed by atoms with Crippen molar-refractivity contribution >= 4 is 17.6 Å². The third-order valence-corrected chi connectivity index (χ3v) is 5.77. The van der Waals surface area contributed by atoms with Gasteiger partial charge in [0.15, 0.2) is 0 Å². The van der Waals surface area contributed by atoms with Crippen LogP contribution < -0.4 is 0 Å². The summed E-state index contributed by atoms with van der Waals surface area (Å²) >= 11 is 6.24. The summed E-state index contributed by atoms with van der Waals surface area (Å²) in [5.74, 6) is 1.43. The third-order valence-electron chi connectivity index (χ3n) is 5.30. The van der Waals surface area contributed by atoms with Gasteiger partial charge in [-0.3, -0.25) is 4.79 Å². The number of allylic oxidation sites excluding steroid dienone is 2. The van der Waals surface area contributed by atoms with Crippen molar-refractivity contribution in [1.82, 2.24) is 0 Å². The number of hydrogen-bond donors (Lipinski definition) is 0. The fourth-order valence-electron chi connectivity index (χ4n) is 4.62. The molecule has 2 nitrogen and oxygen atoms in total. The predicted molar refractivity (Wildman–Crippen MR) is 62.2 cm³/mol. The number of esters is 1. The van der Waals surface area contributed by atoms with Gasteiger partial charge < -0.3 is 4.74 Å². The van der Waals surface area contributed by atoms with Gasteiger partial charge in [-0.05, 0) is 31.1 Å². The Balaban J connectivity index is 2.13. The Labute approximate surface area is 101 Å². The van der Waals surface area contributed by atoms with Crippen LogP contribution in [-0.2, 0) is 9.53 Å². The van der Waals surface area contributed by atoms with Gasteiger partial charge in [0.2, 0.25) is 0 Å². The second-order valence-electron chi connectivity index (χ2n) is 5.44. The number of halogens is 1. The molecule has 0 radical (unpaired) electrons. The van der Waals surface area contributed by atoms with Gasteiger partial charge >= 0.3 is 5.97 Å². The van der Waals surface area contributed by atoms with E-state index in [4.69, 9.17) is 16.3 Å². The lowest BCUT2D eigenvalue weighted by Crippen LogP contribution is -2.48. The molecule has 0 aromatic carbocycles. The maximum absolute atomic E-state index is 12.3. The van der Waals surface area contributed by atoms with Crippen LogP contribution in [0.4, 0.5) is 0 Å². The summed E-state index contributed by atoms with van der Waals surface area (Å²) in [4.78, 5) is 12.3. The number of fused-ring (bicyclic) bond motifs is 5. The van der Waals surface area contributed by atoms with E-state index in [1.54, 1.807) is 0 Å². The summed E-state index contributed by atoms with van der Waals surface area (Å²) in [5, 5.41) is 0. The van der Waals surface area contributed by atoms with Crippen molar-refractivity contribution in [1.29, 1.82) is 0 Å². The zero-order valence-corrected chi connectivity index (χ0v) is 10.3. The molecule has 0 saturated heterocycles. The molecule has 0 aromatic heterocycles. The topological polar surface area (TPSA) is 26.3 Å². The molecule has 0 spiro atoms. The fraction of sp³-hybridized carbons (Fsp3) is 0.769. The van der Waals surface area contributed by atoms with Gasteiger partial charge in [0.25, 0.3) is 0 Å². The fourth-order valence-corrected chi connectivity index (χ4v) is 5.19. The van der Waals surface area contributed by atoms with Crippen LogP contribution in [0.5, 0.6) is 0 Å². The molecule has 0 aliphatic heterocycles. The van der Waals surface area contributed by atoms with Crippen molar-refractivity contribution in [3.8, 4) is 0 Å². The second kappa shape index (κ2) is 3.25. The smallest absolute Gasteiger partial charge is 0.313 e. The summed E-state index contributed by atoms with van der Waals surface area (Å²) in [6, 6.07) is 0. The van der Waals surface area contributed by atoms with E-state index in [-0.39, 0.29) is 16.8 Å². The number of carbonyl (C=O) groups excluding carboxylic acids is 1. The maximum atomic E-state index is 12.3. The van der Waals surface area contributed by atoms with E-state index in [1.807, 2.05) is 0 Å². The Morgan fingerprint density at radius 1 is 1.44 bits per heavy atom. The lowest BCUT2D eigenvalue weighted by molar-refractivity contribution is -0.160. The van der Waals surface area contributed by atoms with E-state index in [0.29, 0.717) is 17.7 Å². The quantitative estimate of drug-likeness (QED) is 0.422. The molecule has 3 aliphatic carbocycles. The zero-order valence-electron chi connectivity index (χ0n) is 9.54. The number of hydrogen-bond acceptors (Lipinski definition) is 2. The Morgan fingerprint density at radius 3 is 2.88 bits per heavy atom. The number of alkyl halides is 1. The molecular formula is C13H17ClO2. The van der Waals surface area contributed by atoms with E-state index in [9.17, 15) is 4.79 Å². The molecule has 0 amide bonds. The Kier molecular flexibility index (Phi) is 2.16. The van der Waals surface area contributed by atoms with E-state index >= 15 is 0 Å². The normalized spacial score (nSPS) is 48.4. The standard InChI is InChI=1S/C13H17ClO2/c1-16-11(15)13-6-2-5-12(13,8-14)9-3-4-10(13)7-9/h3-4,9-10H,2,5-8H2,1H3/t9-,10+,12-,13-/m0/s1. The number of rotatable bonds is 2. The number of methoxy groups -OCH3 is 1. The Hall–Kier alpha value is -0.500. The van der Waals surface area contributed by atoms with Gasteiger partial charge in [0, 0.05) is 11.3 Å². The van der Waals surface area contributed by atoms with Crippen molar-refractivity contribution < 1.29 is 9.53 Å². The monoisotopic (exact) mass is 240 g/mol. The van der Waals surface area contributed by atoms with Crippen molar-refractivity contribution in [2.75, 3.05) is 13.0 Å². The van der Waals surface area contributed by atoms with Gasteiger partial charge in [-0.1, -0.05) is 18.6 Å². The predicted octanol–water partition coefficient (Wildman–Crippen LogP) is 2.76. The van der Waals surface area contributed by atoms with Crippen LogP contribution in [-0.4, -0.2) is 19.0 Å². The summed E-state index contributed by atoms with van der Waals surface area (Å²) in [6.45, 7) is 0. The Bertz CT molecular complexity index is 365. The second-order valence-corrected chi connectivity index (χ2v) is 5.71. The molecule has 16 heavy (non-hydrogen) atoms. The van der Waals surface area contributed by atoms with Crippen LogP contribution in [0, 0.1) is 22.7 Å². The summed E-state index contributed by atoms with van der Waals surface area (Å²) < 4.78 is 5.09. The molecule has 2 saturated carbocycles. The van der Waals surface area contributed by atoms with Crippen LogP contribution in [0.15, 0.2) is 12.2 Å². The van der Waals surface area contributed by atoms with Crippen LogP contribution in [0.25, 0.3) is 0 Å². The highest BCUT2D eigenvalue weighted by Crippen LogP contribution is 2.71. The molecule has 3 aliphatic rings. The van der Waals surface area contributed by atoms with Crippen molar-refractivity contribution in [2.24, 2.45) is 22.7 Å². The number of carbonyl (C=O) groups is 1. The minimum atomic E-state index is -0.303. The zero-order chi connectivity index (χ0) is 11.4. The van der Waals surface area contributed by atoms with Gasteiger partial charge in [-0.2, -0.15) is 0 Å². The lowest BCUT2D eigenvalue weighted by atomic mass is 9.60. The van der Waals surface area contributed by atoms with Gasteiger partial charge in [-0.15, -0.1) is 11.6 Å². The molecule has 3 rings (SSSR count). The molecule has 2 bridgehead atoms. The van der Waals surface area contributed by atoms with Crippen LogP contribution in [0.1, 0.15) is 25.7 Å². The third kappa shape index (κ3) is 0.897. The first kappa shape index (κ1) is 10.6. The van der Waals surface area contributed by atoms with E-state index in [1.165, 1.54) is 7.11 Å². The molecular weight excluding hydrogens is 224 g/mol. The van der Waals surface area contributed by atoms with Crippen LogP contribution in [0.3, 0.4) is 0 Å². The average molecular weight is 241 g/mol. The average Bonchev–Trinajstić information content (AvgIpc) is 2.97. The molecule has 4 atom stereocenters. The summed E-state index contributed by atoms with van der Waals surface area (Å²) in [5.41, 5.74) is -0.315. The van der Waals surface area contributed by atoms with Gasteiger partial charge in [-0.25, -0.2) is 0 Å². The maximum Gasteiger partial charge on any atom is 0.313 e. The highest BCUT2D eigenvalue weighted by atomic mass is 35.5. The Morgan fingerprint density at radius 2 is 2.19 bits per heavy atom. The van der Waals surface area contributed by atoms with Crippen LogP contribution in [0.2, 0.25) is 0 Å². The highest BCUT2D eigenvalue weighted by molar-refractivity contribution is 6.18. The molecule has 0 aromatic rings. The van der Waals surface area contributed by atoms with E-state index < -0.39 is 0 Å². The lowest BCUT2D eigenvalue weighted by Gasteiger charge is -2.43. The van der Waals surface area contributed by atoms with Gasteiger partial charge in [0.1, 0.15) is 0 Å². The first-order chi connectivity index (χ1) is 7.71. The molecule has 88 valence electrons. The molecule has 0 heterocycles. The first-order valence-corrected chi connectivity index (χ1v) is 6.57. The van der Waals surface area contributed by atoms with E-state index in [2.05, 4.69) is 12.2 Å². The minimum absolute atomic E-state index is 0.0128. The van der Waals surface area contributed by atoms with Crippen molar-refractivity contribution in [2.45, 2.75) is 25.7 Å². The summed E-state index contributed by atoms with van der Waals surface area (Å²) in [7, 11) is 1.50. The molecule has 0 N–H and O–H groups in total. The molecule has 2 fully saturated rings. The number of ether oxygens (including phenoxy) is 1. The first-order valence-electron chi connectivity index (χ1n) is 6.04. The molecule has 0 unspecified atom stereocenters. The van der Waals surface area contributed by atoms with E-state index in [0.717, 1.165) is 25.7 Å². The molecule has 3 heteroatoms. The minimum Gasteiger partial charge on any atom is -0.469 e. The van der Waals surface area contributed by atoms with Crippen LogP contribution >= 0.6 is 11.6 Å². The van der Waals surface area contributed by atoms with Crippen molar-refractivity contribution in [3.05, 3.63) is 12.2 Å². The highest BCUT2D eigenvalue weighted by Gasteiger charge is 2.71. The van der Waals surface area contributed by atoms with Crippen molar-refractivity contribution in [3.63, 3.8) is 0 Å². The summed E-state index contributed by atoms with van der Waals surface area (Å²) in [6.07, 6.45) is 8.74. The largest absolute Gasteiger partial charge is 0.469 e. The van der Waals surface area contributed by atoms with Gasteiger partial charge in [0.05, 0.1) is 12.5 Å². The SMILES string of the molecule is COC(=O)[C@@]12CCC[C@]1(CCl)[C@H]1C=C[C@@H]2C1.